The van der Waals surface area contributed by atoms with E-state index in [1.807, 2.05) is 6.07 Å². The Kier molecular flexibility index (Phi) is 2.17. The molecule has 3 nitrogen and oxygen atoms in total. The Bertz CT molecular complexity index is 227. The van der Waals surface area contributed by atoms with Crippen LogP contribution in [0, 0.1) is 5.92 Å². The van der Waals surface area contributed by atoms with E-state index in [4.69, 9.17) is 5.73 Å². The van der Waals surface area contributed by atoms with E-state index in [0.717, 1.165) is 5.69 Å². The van der Waals surface area contributed by atoms with Gasteiger partial charge in [0.15, 0.2) is 0 Å². The molecule has 11 heavy (non-hydrogen) atoms. The third kappa shape index (κ3) is 1.73. The average Bonchev–Trinajstić information content (AvgIpc) is 2.34. The van der Waals surface area contributed by atoms with Gasteiger partial charge in [-0.3, -0.25) is 5.10 Å². The Morgan fingerprint density at radius 2 is 2.09 bits per heavy atom. The Morgan fingerprint density at radius 3 is 2.45 bits per heavy atom. The third-order valence-electron chi connectivity index (χ3n) is 2.11. The standard InChI is InChI=1S/C8H15N3/c1-5(2)6(3)7-4-8(9)11-10-7/h4-6H,1-3H3,(H3,9,10,11). The normalized spacial score (nSPS) is 13.8. The predicted molar refractivity (Wildman–Crippen MR) is 46.3 cm³/mol. The Morgan fingerprint density at radius 1 is 1.45 bits per heavy atom. The molecule has 3 N–H and O–H groups in total. The number of nitrogens with zero attached hydrogens (tertiary/aromatic N) is 1. The van der Waals surface area contributed by atoms with E-state index in [0.29, 0.717) is 17.7 Å². The van der Waals surface area contributed by atoms with Crippen molar-refractivity contribution >= 4 is 5.82 Å². The molecule has 0 amide bonds. The first-order chi connectivity index (χ1) is 5.11. The van der Waals surface area contributed by atoms with Crippen molar-refractivity contribution in [2.45, 2.75) is 26.7 Å². The van der Waals surface area contributed by atoms with Crippen LogP contribution >= 0.6 is 0 Å². The number of nitrogens with one attached hydrogen (secondary N) is 1. The van der Waals surface area contributed by atoms with Crippen molar-refractivity contribution in [2.75, 3.05) is 5.73 Å². The maximum Gasteiger partial charge on any atom is 0.145 e. The molecule has 1 rings (SSSR count). The van der Waals surface area contributed by atoms with Gasteiger partial charge in [-0.15, -0.1) is 0 Å². The Balaban J connectivity index is 2.76. The summed E-state index contributed by atoms with van der Waals surface area (Å²) < 4.78 is 0. The summed E-state index contributed by atoms with van der Waals surface area (Å²) in [5, 5.41) is 6.78. The van der Waals surface area contributed by atoms with E-state index in [2.05, 4.69) is 31.0 Å². The van der Waals surface area contributed by atoms with Gasteiger partial charge in [0.1, 0.15) is 5.82 Å². The number of nitrogen functional groups attached to an aromatic ring is 1. The van der Waals surface area contributed by atoms with E-state index in [1.54, 1.807) is 0 Å². The largest absolute Gasteiger partial charge is 0.382 e. The Hall–Kier alpha value is -0.990. The number of hydrogen-bond donors (Lipinski definition) is 2. The van der Waals surface area contributed by atoms with E-state index in [1.165, 1.54) is 0 Å². The second-order valence-electron chi connectivity index (χ2n) is 3.28. The molecule has 0 saturated carbocycles. The van der Waals surface area contributed by atoms with E-state index in [9.17, 15) is 0 Å². The molecule has 0 saturated heterocycles. The SMILES string of the molecule is CC(C)C(C)c1cc(N)n[nH]1. The first kappa shape index (κ1) is 8.11. The maximum absolute atomic E-state index is 5.47. The fraction of sp³-hybridized carbons (Fsp3) is 0.625. The highest BCUT2D eigenvalue weighted by Gasteiger charge is 2.11. The quantitative estimate of drug-likeness (QED) is 0.680. The summed E-state index contributed by atoms with van der Waals surface area (Å²) in [4.78, 5) is 0. The lowest BCUT2D eigenvalue weighted by Gasteiger charge is -2.12. The molecule has 0 radical (unpaired) electrons. The number of H-pyrrole nitrogens is 1. The minimum Gasteiger partial charge on any atom is -0.382 e. The zero-order valence-electron chi connectivity index (χ0n) is 7.26. The monoisotopic (exact) mass is 153 g/mol. The molecule has 0 aromatic carbocycles. The molecule has 0 aliphatic rings. The lowest BCUT2D eigenvalue weighted by Crippen LogP contribution is -2.01. The van der Waals surface area contributed by atoms with Crippen LogP contribution in [-0.4, -0.2) is 10.2 Å². The first-order valence-corrected chi connectivity index (χ1v) is 3.92. The number of aromatic nitrogens is 2. The van der Waals surface area contributed by atoms with Crippen LogP contribution in [0.3, 0.4) is 0 Å². The molecule has 1 heterocycles. The van der Waals surface area contributed by atoms with Gasteiger partial charge in [0.05, 0.1) is 0 Å². The molecule has 1 aromatic rings. The molecular formula is C8H15N3. The molecule has 0 bridgehead atoms. The van der Waals surface area contributed by atoms with Crippen LogP contribution in [0.2, 0.25) is 0 Å². The zero-order chi connectivity index (χ0) is 8.43. The molecule has 0 aliphatic heterocycles. The minimum atomic E-state index is 0.500. The van der Waals surface area contributed by atoms with E-state index < -0.39 is 0 Å². The molecular weight excluding hydrogens is 138 g/mol. The second kappa shape index (κ2) is 2.95. The minimum absolute atomic E-state index is 0.500. The molecule has 3 heteroatoms. The van der Waals surface area contributed by atoms with E-state index >= 15 is 0 Å². The molecule has 0 fully saturated rings. The van der Waals surface area contributed by atoms with Gasteiger partial charge in [0, 0.05) is 17.7 Å². The van der Waals surface area contributed by atoms with Crippen LogP contribution in [0.25, 0.3) is 0 Å². The first-order valence-electron chi connectivity index (χ1n) is 3.92. The Labute approximate surface area is 67.0 Å². The topological polar surface area (TPSA) is 54.7 Å². The van der Waals surface area contributed by atoms with Gasteiger partial charge < -0.3 is 5.73 Å². The van der Waals surface area contributed by atoms with Crippen molar-refractivity contribution in [3.05, 3.63) is 11.8 Å². The van der Waals surface area contributed by atoms with Crippen molar-refractivity contribution < 1.29 is 0 Å². The number of anilines is 1. The molecule has 0 aliphatic carbocycles. The van der Waals surface area contributed by atoms with Gasteiger partial charge in [-0.1, -0.05) is 20.8 Å². The number of hydrogen-bond acceptors (Lipinski definition) is 2. The third-order valence-corrected chi connectivity index (χ3v) is 2.11. The van der Waals surface area contributed by atoms with Crippen LogP contribution in [-0.2, 0) is 0 Å². The van der Waals surface area contributed by atoms with Gasteiger partial charge >= 0.3 is 0 Å². The van der Waals surface area contributed by atoms with Crippen LogP contribution < -0.4 is 5.73 Å². The van der Waals surface area contributed by atoms with Crippen LogP contribution in [0.5, 0.6) is 0 Å². The second-order valence-corrected chi connectivity index (χ2v) is 3.28. The predicted octanol–water partition coefficient (Wildman–Crippen LogP) is 1.75. The smallest absolute Gasteiger partial charge is 0.145 e. The maximum atomic E-state index is 5.47. The highest BCUT2D eigenvalue weighted by atomic mass is 15.2. The highest BCUT2D eigenvalue weighted by molar-refractivity contribution is 5.29. The summed E-state index contributed by atoms with van der Waals surface area (Å²) in [6, 6.07) is 1.89. The van der Waals surface area contributed by atoms with Gasteiger partial charge in [-0.25, -0.2) is 0 Å². The molecule has 1 unspecified atom stereocenters. The van der Waals surface area contributed by atoms with Gasteiger partial charge in [-0.2, -0.15) is 5.10 Å². The van der Waals surface area contributed by atoms with Crippen LogP contribution in [0.15, 0.2) is 6.07 Å². The number of rotatable bonds is 2. The average molecular weight is 153 g/mol. The molecule has 1 aromatic heterocycles. The summed E-state index contributed by atoms with van der Waals surface area (Å²) in [6.45, 7) is 6.53. The van der Waals surface area contributed by atoms with Crippen molar-refractivity contribution in [2.24, 2.45) is 5.92 Å². The highest BCUT2D eigenvalue weighted by Crippen LogP contribution is 2.22. The zero-order valence-corrected chi connectivity index (χ0v) is 7.26. The van der Waals surface area contributed by atoms with Gasteiger partial charge in [-0.05, 0) is 5.92 Å². The van der Waals surface area contributed by atoms with Crippen molar-refractivity contribution in [1.82, 2.24) is 10.2 Å². The lowest BCUT2D eigenvalue weighted by molar-refractivity contribution is 0.522. The van der Waals surface area contributed by atoms with Crippen molar-refractivity contribution in [1.29, 1.82) is 0 Å². The molecule has 62 valence electrons. The van der Waals surface area contributed by atoms with Gasteiger partial charge in [0.2, 0.25) is 0 Å². The van der Waals surface area contributed by atoms with Crippen molar-refractivity contribution in [3.63, 3.8) is 0 Å². The van der Waals surface area contributed by atoms with E-state index in [-0.39, 0.29) is 0 Å². The van der Waals surface area contributed by atoms with Crippen LogP contribution in [0.4, 0.5) is 5.82 Å². The fourth-order valence-corrected chi connectivity index (χ4v) is 0.945. The van der Waals surface area contributed by atoms with Crippen molar-refractivity contribution in [3.8, 4) is 0 Å². The number of aromatic amines is 1. The summed E-state index contributed by atoms with van der Waals surface area (Å²) in [6.07, 6.45) is 0. The summed E-state index contributed by atoms with van der Waals surface area (Å²) in [5.74, 6) is 1.70. The van der Waals surface area contributed by atoms with Gasteiger partial charge in [0.25, 0.3) is 0 Å². The molecule has 1 atom stereocenters. The number of nitrogens with two attached hydrogens (primary N) is 1. The summed E-state index contributed by atoms with van der Waals surface area (Å²) >= 11 is 0. The molecule has 0 spiro atoms. The fourth-order valence-electron chi connectivity index (χ4n) is 0.945. The lowest BCUT2D eigenvalue weighted by atomic mass is 9.95. The summed E-state index contributed by atoms with van der Waals surface area (Å²) in [5.41, 5.74) is 6.60. The van der Waals surface area contributed by atoms with Crippen LogP contribution in [0.1, 0.15) is 32.4 Å². The summed E-state index contributed by atoms with van der Waals surface area (Å²) in [7, 11) is 0.